The third-order valence-electron chi connectivity index (χ3n) is 1.46. The van der Waals surface area contributed by atoms with E-state index in [1.54, 1.807) is 0 Å². The van der Waals surface area contributed by atoms with E-state index < -0.39 is 17.7 Å². The van der Waals surface area contributed by atoms with Crippen LogP contribution in [0.3, 0.4) is 0 Å². The molecule has 0 unspecified atom stereocenters. The van der Waals surface area contributed by atoms with Crippen molar-refractivity contribution in [3.63, 3.8) is 0 Å². The van der Waals surface area contributed by atoms with Crippen LogP contribution in [0, 0.1) is 0 Å². The Kier molecular flexibility index (Phi) is 9.12. The van der Waals surface area contributed by atoms with Crippen molar-refractivity contribution < 1.29 is 23.9 Å². The minimum atomic E-state index is -0.934. The van der Waals surface area contributed by atoms with Gasteiger partial charge in [0.05, 0.1) is 6.42 Å². The maximum Gasteiger partial charge on any atom is 0.374 e. The van der Waals surface area contributed by atoms with Crippen molar-refractivity contribution in [3.8, 4) is 0 Å². The van der Waals surface area contributed by atoms with Crippen LogP contribution in [0.4, 0.5) is 0 Å². The highest BCUT2D eigenvalue weighted by atomic mass is 32.1. The molecule has 0 amide bonds. The maximum atomic E-state index is 11.1. The Balaban J connectivity index is 3.71. The van der Waals surface area contributed by atoms with Gasteiger partial charge in [0.1, 0.15) is 13.2 Å². The van der Waals surface area contributed by atoms with E-state index in [9.17, 15) is 14.4 Å². The van der Waals surface area contributed by atoms with Crippen LogP contribution in [0.1, 0.15) is 12.8 Å². The number of esters is 2. The second-order valence-corrected chi connectivity index (χ2v) is 3.62. The fraction of sp³-hybridized carbons (Fsp3) is 0.667. The van der Waals surface area contributed by atoms with E-state index in [0.29, 0.717) is 11.5 Å². The minimum Gasteiger partial charge on any atom is -0.465 e. The molecule has 0 fully saturated rings. The van der Waals surface area contributed by atoms with E-state index in [-0.39, 0.29) is 26.1 Å². The molecule has 0 saturated heterocycles. The maximum absolute atomic E-state index is 11.1. The quantitative estimate of drug-likeness (QED) is 0.375. The summed E-state index contributed by atoms with van der Waals surface area (Å²) in [6.45, 7) is 0.276. The van der Waals surface area contributed by atoms with Crippen LogP contribution in [-0.4, -0.2) is 42.4 Å². The van der Waals surface area contributed by atoms with Crippen LogP contribution < -0.4 is 0 Å². The normalized spacial score (nSPS) is 9.62. The van der Waals surface area contributed by atoms with E-state index in [4.69, 9.17) is 0 Å². The molecule has 0 radical (unpaired) electrons. The summed E-state index contributed by atoms with van der Waals surface area (Å²) in [7, 11) is 0. The van der Waals surface area contributed by atoms with Crippen LogP contribution in [0.15, 0.2) is 0 Å². The molecular weight excluding hydrogens is 252 g/mol. The van der Waals surface area contributed by atoms with E-state index in [1.165, 1.54) is 0 Å². The summed E-state index contributed by atoms with van der Waals surface area (Å²) < 4.78 is 9.21. The van der Waals surface area contributed by atoms with Gasteiger partial charge in [-0.05, 0) is 0 Å². The van der Waals surface area contributed by atoms with Gasteiger partial charge >= 0.3 is 11.9 Å². The number of ether oxygens (including phenoxy) is 2. The Morgan fingerprint density at radius 1 is 0.875 bits per heavy atom. The third kappa shape index (κ3) is 7.58. The summed E-state index contributed by atoms with van der Waals surface area (Å²) >= 11 is 7.67. The summed E-state index contributed by atoms with van der Waals surface area (Å²) in [5.41, 5.74) is 0. The molecule has 5 nitrogen and oxygen atoms in total. The summed E-state index contributed by atoms with van der Waals surface area (Å²) in [6.07, 6.45) is -0.320. The molecule has 0 heterocycles. The van der Waals surface area contributed by atoms with Gasteiger partial charge in [-0.1, -0.05) is 0 Å². The van der Waals surface area contributed by atoms with Crippen molar-refractivity contribution in [1.82, 2.24) is 0 Å². The molecule has 0 saturated carbocycles. The van der Waals surface area contributed by atoms with E-state index in [2.05, 4.69) is 34.7 Å². The van der Waals surface area contributed by atoms with Gasteiger partial charge in [-0.2, -0.15) is 25.3 Å². The Labute approximate surface area is 105 Å². The van der Waals surface area contributed by atoms with E-state index >= 15 is 0 Å². The first-order chi connectivity index (χ1) is 7.61. The number of carbonyl (C=O) groups excluding carboxylic acids is 3. The first-order valence-corrected chi connectivity index (χ1v) is 5.95. The summed E-state index contributed by atoms with van der Waals surface area (Å²) in [5, 5.41) is 0. The number of hydrogen-bond donors (Lipinski definition) is 2. The van der Waals surface area contributed by atoms with E-state index in [0.717, 1.165) is 0 Å². The van der Waals surface area contributed by atoms with Gasteiger partial charge in [0.15, 0.2) is 0 Å². The van der Waals surface area contributed by atoms with Crippen LogP contribution in [0.25, 0.3) is 0 Å². The molecule has 92 valence electrons. The molecule has 16 heavy (non-hydrogen) atoms. The van der Waals surface area contributed by atoms with Crippen LogP contribution in [0.2, 0.25) is 0 Å². The van der Waals surface area contributed by atoms with Gasteiger partial charge in [0.2, 0.25) is 5.78 Å². The summed E-state index contributed by atoms with van der Waals surface area (Å²) in [5.74, 6) is -1.42. The van der Waals surface area contributed by atoms with Crippen LogP contribution >= 0.6 is 25.3 Å². The zero-order chi connectivity index (χ0) is 12.4. The lowest BCUT2D eigenvalue weighted by molar-refractivity contribution is -0.154. The van der Waals surface area contributed by atoms with Crippen LogP contribution in [0.5, 0.6) is 0 Å². The van der Waals surface area contributed by atoms with Gasteiger partial charge in [-0.3, -0.25) is 9.59 Å². The van der Waals surface area contributed by atoms with Crippen molar-refractivity contribution in [3.05, 3.63) is 0 Å². The highest BCUT2D eigenvalue weighted by molar-refractivity contribution is 7.80. The molecule has 0 spiro atoms. The molecule has 0 bridgehead atoms. The summed E-state index contributed by atoms with van der Waals surface area (Å²) in [4.78, 5) is 33.0. The lowest BCUT2D eigenvalue weighted by atomic mass is 10.2. The molecule has 0 aliphatic rings. The first-order valence-electron chi connectivity index (χ1n) is 4.69. The largest absolute Gasteiger partial charge is 0.465 e. The number of carbonyl (C=O) groups is 3. The van der Waals surface area contributed by atoms with Crippen molar-refractivity contribution in [2.75, 3.05) is 24.7 Å². The SMILES string of the molecule is O=C(CCC(=O)C(=O)OCCS)OCCS. The predicted molar refractivity (Wildman–Crippen MR) is 63.9 cm³/mol. The number of Topliss-reactive ketones (excluding diaryl/α,β-unsaturated/α-hetero) is 1. The molecule has 0 N–H and O–H groups in total. The zero-order valence-corrected chi connectivity index (χ0v) is 10.5. The number of hydrogen-bond acceptors (Lipinski definition) is 7. The second-order valence-electron chi connectivity index (χ2n) is 2.73. The van der Waals surface area contributed by atoms with Crippen molar-refractivity contribution in [1.29, 1.82) is 0 Å². The lowest BCUT2D eigenvalue weighted by Crippen LogP contribution is -2.20. The fourth-order valence-electron chi connectivity index (χ4n) is 0.768. The highest BCUT2D eigenvalue weighted by Gasteiger charge is 2.16. The average Bonchev–Trinajstić information content (AvgIpc) is 2.30. The number of thiol groups is 2. The van der Waals surface area contributed by atoms with Gasteiger partial charge in [0, 0.05) is 17.9 Å². The molecule has 0 aromatic rings. The fourth-order valence-corrected chi connectivity index (χ4v) is 0.951. The standard InChI is InChI=1S/C9H14O5S2/c10-7(9(12)14-4-6-16)1-2-8(11)13-3-5-15/h15-16H,1-6H2. The smallest absolute Gasteiger partial charge is 0.374 e. The van der Waals surface area contributed by atoms with Crippen molar-refractivity contribution in [2.45, 2.75) is 12.8 Å². The number of ketones is 1. The zero-order valence-electron chi connectivity index (χ0n) is 8.68. The third-order valence-corrected chi connectivity index (χ3v) is 1.83. The molecule has 0 aromatic heterocycles. The predicted octanol–water partition coefficient (Wildman–Crippen LogP) is 0.282. The Bertz CT molecular complexity index is 254. The summed E-state index contributed by atoms with van der Waals surface area (Å²) in [6, 6.07) is 0. The number of rotatable bonds is 8. The molecule has 0 aliphatic carbocycles. The lowest BCUT2D eigenvalue weighted by Gasteiger charge is -2.02. The monoisotopic (exact) mass is 266 g/mol. The molecule has 7 heteroatoms. The first kappa shape index (κ1) is 15.3. The molecule has 0 rings (SSSR count). The van der Waals surface area contributed by atoms with Gasteiger partial charge in [-0.15, -0.1) is 0 Å². The Morgan fingerprint density at radius 3 is 2.00 bits per heavy atom. The van der Waals surface area contributed by atoms with E-state index in [1.807, 2.05) is 0 Å². The van der Waals surface area contributed by atoms with Gasteiger partial charge < -0.3 is 9.47 Å². The van der Waals surface area contributed by atoms with Gasteiger partial charge in [0.25, 0.3) is 0 Å². The van der Waals surface area contributed by atoms with Crippen LogP contribution in [-0.2, 0) is 23.9 Å². The van der Waals surface area contributed by atoms with Crippen molar-refractivity contribution in [2.24, 2.45) is 0 Å². The Hall–Kier alpha value is -0.690. The minimum absolute atomic E-state index is 0.0811. The molecular formula is C9H14O5S2. The van der Waals surface area contributed by atoms with Crippen molar-refractivity contribution >= 4 is 43.0 Å². The highest BCUT2D eigenvalue weighted by Crippen LogP contribution is 1.97. The topological polar surface area (TPSA) is 69.7 Å². The molecule has 0 aromatic carbocycles. The second kappa shape index (κ2) is 9.53. The Morgan fingerprint density at radius 2 is 1.44 bits per heavy atom. The van der Waals surface area contributed by atoms with Gasteiger partial charge in [-0.25, -0.2) is 4.79 Å². The average molecular weight is 266 g/mol. The molecule has 0 atom stereocenters. The molecule has 0 aliphatic heterocycles.